The molecule has 1 heterocycles. The monoisotopic (exact) mass is 396 g/mol. The first-order valence-electron chi connectivity index (χ1n) is 7.42. The fourth-order valence-electron chi connectivity index (χ4n) is 2.57. The summed E-state index contributed by atoms with van der Waals surface area (Å²) in [5.41, 5.74) is 0. The number of nitrogens with one attached hydrogen (secondary N) is 1. The van der Waals surface area contributed by atoms with Crippen molar-refractivity contribution in [1.29, 1.82) is 0 Å². The second-order valence-corrected chi connectivity index (χ2v) is 9.91. The van der Waals surface area contributed by atoms with Crippen LogP contribution in [0.1, 0.15) is 12.8 Å². The van der Waals surface area contributed by atoms with Crippen LogP contribution >= 0.6 is 11.6 Å². The van der Waals surface area contributed by atoms with Crippen molar-refractivity contribution in [2.45, 2.75) is 17.7 Å². The van der Waals surface area contributed by atoms with E-state index in [9.17, 15) is 16.8 Å². The molecule has 0 unspecified atom stereocenters. The van der Waals surface area contributed by atoms with Gasteiger partial charge in [0, 0.05) is 19.6 Å². The third kappa shape index (κ3) is 4.82. The standard InChI is InChI=1S/C14H21ClN2O5S2/c1-22-14-4-3-12(9-13(14)15)24(20,21)16-10-11-5-7-17(8-6-11)23(2,18)19/h3-4,9,11,16H,5-8,10H2,1-2H3. The molecule has 1 fully saturated rings. The minimum Gasteiger partial charge on any atom is -0.495 e. The zero-order valence-electron chi connectivity index (χ0n) is 13.5. The number of hydrogen-bond acceptors (Lipinski definition) is 5. The first-order valence-corrected chi connectivity index (χ1v) is 11.1. The Labute approximate surface area is 148 Å². The molecular weight excluding hydrogens is 376 g/mol. The number of hydrogen-bond donors (Lipinski definition) is 1. The molecule has 0 aliphatic carbocycles. The smallest absolute Gasteiger partial charge is 0.240 e. The summed E-state index contributed by atoms with van der Waals surface area (Å²) in [5, 5.41) is 0.224. The molecule has 1 aliphatic heterocycles. The van der Waals surface area contributed by atoms with E-state index in [-0.39, 0.29) is 22.4 Å². The number of halogens is 1. The Morgan fingerprint density at radius 1 is 1.25 bits per heavy atom. The highest BCUT2D eigenvalue weighted by Crippen LogP contribution is 2.27. The van der Waals surface area contributed by atoms with Gasteiger partial charge in [0.25, 0.3) is 0 Å². The molecule has 1 saturated heterocycles. The number of methoxy groups -OCH3 is 1. The highest BCUT2D eigenvalue weighted by atomic mass is 35.5. The highest BCUT2D eigenvalue weighted by Gasteiger charge is 2.26. The lowest BCUT2D eigenvalue weighted by Gasteiger charge is -2.30. The van der Waals surface area contributed by atoms with Gasteiger partial charge < -0.3 is 4.74 Å². The third-order valence-electron chi connectivity index (χ3n) is 4.04. The summed E-state index contributed by atoms with van der Waals surface area (Å²) in [6, 6.07) is 4.27. The van der Waals surface area contributed by atoms with Crippen molar-refractivity contribution in [3.8, 4) is 5.75 Å². The Hall–Kier alpha value is -0.870. The Kier molecular flexibility index (Phi) is 6.14. The molecule has 0 spiro atoms. The summed E-state index contributed by atoms with van der Waals surface area (Å²) in [5.74, 6) is 0.509. The normalized spacial score (nSPS) is 17.8. The van der Waals surface area contributed by atoms with Crippen molar-refractivity contribution in [3.05, 3.63) is 23.2 Å². The van der Waals surface area contributed by atoms with E-state index in [1.54, 1.807) is 0 Å². The quantitative estimate of drug-likeness (QED) is 0.782. The molecule has 7 nitrogen and oxygen atoms in total. The predicted molar refractivity (Wildman–Crippen MR) is 92.3 cm³/mol. The number of sulfonamides is 2. The summed E-state index contributed by atoms with van der Waals surface area (Å²) in [6.07, 6.45) is 2.43. The van der Waals surface area contributed by atoms with Gasteiger partial charge in [0.1, 0.15) is 5.75 Å². The second-order valence-electron chi connectivity index (χ2n) is 5.75. The van der Waals surface area contributed by atoms with Crippen LogP contribution in [0.3, 0.4) is 0 Å². The number of ether oxygens (including phenoxy) is 1. The average Bonchev–Trinajstić information content (AvgIpc) is 2.52. The topological polar surface area (TPSA) is 92.8 Å². The van der Waals surface area contributed by atoms with Gasteiger partial charge in [-0.05, 0) is 37.0 Å². The SMILES string of the molecule is COc1ccc(S(=O)(=O)NCC2CCN(S(C)(=O)=O)CC2)cc1Cl. The van der Waals surface area contributed by atoms with Crippen LogP contribution in [0.2, 0.25) is 5.02 Å². The van der Waals surface area contributed by atoms with E-state index in [1.165, 1.54) is 35.9 Å². The first kappa shape index (κ1) is 19.5. The lowest BCUT2D eigenvalue weighted by Crippen LogP contribution is -2.41. The van der Waals surface area contributed by atoms with Crippen LogP contribution in [0.25, 0.3) is 0 Å². The van der Waals surface area contributed by atoms with Crippen molar-refractivity contribution in [3.63, 3.8) is 0 Å². The molecule has 0 aromatic heterocycles. The Balaban J connectivity index is 1.95. The van der Waals surface area contributed by atoms with Gasteiger partial charge in [-0.25, -0.2) is 25.9 Å². The molecule has 24 heavy (non-hydrogen) atoms. The maximum absolute atomic E-state index is 12.3. The molecule has 136 valence electrons. The molecule has 1 aromatic rings. The van der Waals surface area contributed by atoms with Gasteiger partial charge in [-0.2, -0.15) is 0 Å². The summed E-state index contributed by atoms with van der Waals surface area (Å²) in [6.45, 7) is 1.10. The Morgan fingerprint density at radius 3 is 2.38 bits per heavy atom. The number of benzene rings is 1. The minimum atomic E-state index is -3.67. The number of rotatable bonds is 6. The molecule has 1 N–H and O–H groups in total. The highest BCUT2D eigenvalue weighted by molar-refractivity contribution is 7.89. The van der Waals surface area contributed by atoms with Gasteiger partial charge in [0.05, 0.1) is 23.3 Å². The summed E-state index contributed by atoms with van der Waals surface area (Å²) in [7, 11) is -5.39. The average molecular weight is 397 g/mol. The van der Waals surface area contributed by atoms with Gasteiger partial charge in [-0.15, -0.1) is 0 Å². The van der Waals surface area contributed by atoms with E-state index in [0.717, 1.165) is 0 Å². The van der Waals surface area contributed by atoms with Gasteiger partial charge in [-0.1, -0.05) is 11.6 Å². The maximum Gasteiger partial charge on any atom is 0.240 e. The van der Waals surface area contributed by atoms with Crippen LogP contribution in [-0.2, 0) is 20.0 Å². The van der Waals surface area contributed by atoms with E-state index >= 15 is 0 Å². The number of nitrogens with zero attached hydrogens (tertiary/aromatic N) is 1. The number of piperidine rings is 1. The van der Waals surface area contributed by atoms with Crippen molar-refractivity contribution in [1.82, 2.24) is 9.03 Å². The summed E-state index contributed by atoms with van der Waals surface area (Å²) >= 11 is 5.96. The summed E-state index contributed by atoms with van der Waals surface area (Å²) in [4.78, 5) is 0.0712. The van der Waals surface area contributed by atoms with Gasteiger partial charge in [0.15, 0.2) is 0 Å². The van der Waals surface area contributed by atoms with Crippen molar-refractivity contribution in [2.75, 3.05) is 33.0 Å². The molecule has 0 bridgehead atoms. The molecular formula is C14H21ClN2O5S2. The van der Waals surface area contributed by atoms with Crippen molar-refractivity contribution < 1.29 is 21.6 Å². The van der Waals surface area contributed by atoms with Crippen molar-refractivity contribution >= 4 is 31.6 Å². The van der Waals surface area contributed by atoms with Crippen LogP contribution in [0.5, 0.6) is 5.75 Å². The Bertz CT molecular complexity index is 787. The molecule has 2 rings (SSSR count). The molecule has 0 atom stereocenters. The molecule has 0 saturated carbocycles. The van der Waals surface area contributed by atoms with Crippen LogP contribution in [0.4, 0.5) is 0 Å². The van der Waals surface area contributed by atoms with E-state index in [2.05, 4.69) is 4.72 Å². The molecule has 0 radical (unpaired) electrons. The molecule has 10 heteroatoms. The minimum absolute atomic E-state index is 0.0712. The van der Waals surface area contributed by atoms with E-state index in [1.807, 2.05) is 0 Å². The van der Waals surface area contributed by atoms with E-state index in [4.69, 9.17) is 16.3 Å². The predicted octanol–water partition coefficient (Wildman–Crippen LogP) is 1.30. The van der Waals surface area contributed by atoms with E-state index in [0.29, 0.717) is 31.7 Å². The lowest BCUT2D eigenvalue weighted by atomic mass is 9.99. The first-order chi connectivity index (χ1) is 11.1. The molecule has 1 aliphatic rings. The maximum atomic E-state index is 12.3. The van der Waals surface area contributed by atoms with E-state index < -0.39 is 20.0 Å². The van der Waals surface area contributed by atoms with Crippen molar-refractivity contribution in [2.24, 2.45) is 5.92 Å². The zero-order chi connectivity index (χ0) is 18.0. The molecule has 0 amide bonds. The zero-order valence-corrected chi connectivity index (χ0v) is 15.9. The second kappa shape index (κ2) is 7.57. The van der Waals surface area contributed by atoms with Crippen LogP contribution < -0.4 is 9.46 Å². The van der Waals surface area contributed by atoms with Crippen LogP contribution in [0, 0.1) is 5.92 Å². The largest absolute Gasteiger partial charge is 0.495 e. The Morgan fingerprint density at radius 2 is 1.88 bits per heavy atom. The van der Waals surface area contributed by atoms with Gasteiger partial charge in [-0.3, -0.25) is 0 Å². The van der Waals surface area contributed by atoms with Crippen LogP contribution in [-0.4, -0.2) is 54.1 Å². The van der Waals surface area contributed by atoms with Gasteiger partial charge in [0.2, 0.25) is 20.0 Å². The fraction of sp³-hybridized carbons (Fsp3) is 0.571. The molecule has 1 aromatic carbocycles. The van der Waals surface area contributed by atoms with Crippen LogP contribution in [0.15, 0.2) is 23.1 Å². The van der Waals surface area contributed by atoms with Gasteiger partial charge >= 0.3 is 0 Å². The third-order valence-corrected chi connectivity index (χ3v) is 7.06. The lowest BCUT2D eigenvalue weighted by molar-refractivity contribution is 0.275. The summed E-state index contributed by atoms with van der Waals surface area (Å²) < 4.78 is 56.6. The fourth-order valence-corrected chi connectivity index (χ4v) is 4.91.